The highest BCUT2D eigenvalue weighted by molar-refractivity contribution is 5.43. The molecule has 0 spiro atoms. The second-order valence-electron chi connectivity index (χ2n) is 4.35. The number of hydrogen-bond donors (Lipinski definition) is 1. The van der Waals surface area contributed by atoms with Crippen LogP contribution in [-0.2, 0) is 19.4 Å². The van der Waals surface area contributed by atoms with Crippen LogP contribution in [0.4, 0.5) is 5.82 Å². The SMILES string of the molecule is CCNc1ncccc1Cn1nc(CC)nc1CC. The van der Waals surface area contributed by atoms with Crippen molar-refractivity contribution < 1.29 is 0 Å². The highest BCUT2D eigenvalue weighted by Crippen LogP contribution is 2.14. The molecule has 0 bridgehead atoms. The predicted molar refractivity (Wildman–Crippen MR) is 76.3 cm³/mol. The topological polar surface area (TPSA) is 55.6 Å². The summed E-state index contributed by atoms with van der Waals surface area (Å²) in [5.74, 6) is 2.87. The Kier molecular flexibility index (Phi) is 4.49. The molecular formula is C14H21N5. The summed E-state index contributed by atoms with van der Waals surface area (Å²) in [7, 11) is 0. The van der Waals surface area contributed by atoms with E-state index in [-0.39, 0.29) is 0 Å². The maximum Gasteiger partial charge on any atom is 0.150 e. The van der Waals surface area contributed by atoms with Crippen LogP contribution in [0.2, 0.25) is 0 Å². The minimum atomic E-state index is 0.715. The molecule has 5 heteroatoms. The van der Waals surface area contributed by atoms with Crippen molar-refractivity contribution in [2.75, 3.05) is 11.9 Å². The van der Waals surface area contributed by atoms with Gasteiger partial charge in [0, 0.05) is 31.1 Å². The molecule has 0 saturated carbocycles. The van der Waals surface area contributed by atoms with E-state index in [0.29, 0.717) is 6.54 Å². The molecule has 0 amide bonds. The molecule has 2 aromatic heterocycles. The fourth-order valence-electron chi connectivity index (χ4n) is 2.02. The molecule has 0 atom stereocenters. The number of rotatable bonds is 6. The summed E-state index contributed by atoms with van der Waals surface area (Å²) in [5, 5.41) is 7.83. The second kappa shape index (κ2) is 6.31. The summed E-state index contributed by atoms with van der Waals surface area (Å²) in [4.78, 5) is 8.90. The highest BCUT2D eigenvalue weighted by atomic mass is 15.3. The molecule has 0 aromatic carbocycles. The Hall–Kier alpha value is -1.91. The summed E-state index contributed by atoms with van der Waals surface area (Å²) >= 11 is 0. The van der Waals surface area contributed by atoms with Gasteiger partial charge in [-0.05, 0) is 13.0 Å². The van der Waals surface area contributed by atoms with E-state index in [2.05, 4.69) is 47.2 Å². The molecule has 19 heavy (non-hydrogen) atoms. The molecule has 0 radical (unpaired) electrons. The van der Waals surface area contributed by atoms with E-state index in [9.17, 15) is 0 Å². The van der Waals surface area contributed by atoms with Crippen LogP contribution < -0.4 is 5.32 Å². The zero-order chi connectivity index (χ0) is 13.7. The van der Waals surface area contributed by atoms with Crippen molar-refractivity contribution in [2.45, 2.75) is 40.2 Å². The van der Waals surface area contributed by atoms with E-state index >= 15 is 0 Å². The number of nitrogens with zero attached hydrogens (tertiary/aromatic N) is 4. The Morgan fingerprint density at radius 3 is 2.74 bits per heavy atom. The van der Waals surface area contributed by atoms with E-state index in [4.69, 9.17) is 0 Å². The molecule has 2 heterocycles. The third kappa shape index (κ3) is 3.10. The van der Waals surface area contributed by atoms with Crippen molar-refractivity contribution in [1.82, 2.24) is 19.7 Å². The first kappa shape index (κ1) is 13.5. The van der Waals surface area contributed by atoms with Gasteiger partial charge in [0.2, 0.25) is 0 Å². The van der Waals surface area contributed by atoms with Gasteiger partial charge in [-0.15, -0.1) is 0 Å². The molecule has 0 aliphatic rings. The molecule has 0 aliphatic carbocycles. The van der Waals surface area contributed by atoms with Crippen molar-refractivity contribution in [3.05, 3.63) is 35.5 Å². The van der Waals surface area contributed by atoms with E-state index in [1.54, 1.807) is 6.20 Å². The fourth-order valence-corrected chi connectivity index (χ4v) is 2.02. The lowest BCUT2D eigenvalue weighted by molar-refractivity contribution is 0.636. The van der Waals surface area contributed by atoms with Gasteiger partial charge >= 0.3 is 0 Å². The van der Waals surface area contributed by atoms with Crippen LogP contribution in [0.3, 0.4) is 0 Å². The minimum Gasteiger partial charge on any atom is -0.370 e. The van der Waals surface area contributed by atoms with E-state index < -0.39 is 0 Å². The minimum absolute atomic E-state index is 0.715. The first-order valence-electron chi connectivity index (χ1n) is 6.88. The Balaban J connectivity index is 2.27. The van der Waals surface area contributed by atoms with Crippen LogP contribution in [0.25, 0.3) is 0 Å². The van der Waals surface area contributed by atoms with Crippen LogP contribution in [0, 0.1) is 0 Å². The number of nitrogens with one attached hydrogen (secondary N) is 1. The lowest BCUT2D eigenvalue weighted by Crippen LogP contribution is -2.10. The van der Waals surface area contributed by atoms with Gasteiger partial charge in [-0.1, -0.05) is 19.9 Å². The number of aryl methyl sites for hydroxylation is 2. The Labute approximate surface area is 114 Å². The summed E-state index contributed by atoms with van der Waals surface area (Å²) in [6.07, 6.45) is 3.57. The molecule has 1 N–H and O–H groups in total. The average molecular weight is 259 g/mol. The quantitative estimate of drug-likeness (QED) is 0.864. The zero-order valence-electron chi connectivity index (χ0n) is 11.8. The smallest absolute Gasteiger partial charge is 0.150 e. The van der Waals surface area contributed by atoms with Crippen LogP contribution in [0.5, 0.6) is 0 Å². The van der Waals surface area contributed by atoms with Crippen molar-refractivity contribution in [1.29, 1.82) is 0 Å². The fraction of sp³-hybridized carbons (Fsp3) is 0.500. The molecule has 5 nitrogen and oxygen atoms in total. The van der Waals surface area contributed by atoms with Gasteiger partial charge in [-0.25, -0.2) is 14.6 Å². The number of anilines is 1. The molecule has 102 valence electrons. The monoisotopic (exact) mass is 259 g/mol. The standard InChI is InChI=1S/C14H21N5/c1-4-12-17-13(5-2)19(18-12)10-11-8-7-9-16-14(11)15-6-3/h7-9H,4-6,10H2,1-3H3,(H,15,16). The van der Waals surface area contributed by atoms with Crippen molar-refractivity contribution in [2.24, 2.45) is 0 Å². The largest absolute Gasteiger partial charge is 0.370 e. The molecule has 0 fully saturated rings. The maximum atomic E-state index is 4.55. The molecule has 2 rings (SSSR count). The summed E-state index contributed by atoms with van der Waals surface area (Å²) < 4.78 is 1.98. The summed E-state index contributed by atoms with van der Waals surface area (Å²) in [5.41, 5.74) is 1.15. The van der Waals surface area contributed by atoms with Gasteiger partial charge in [-0.3, -0.25) is 0 Å². The van der Waals surface area contributed by atoms with E-state index in [1.165, 1.54) is 0 Å². The first-order valence-corrected chi connectivity index (χ1v) is 6.88. The molecule has 2 aromatic rings. The Bertz CT molecular complexity index is 532. The second-order valence-corrected chi connectivity index (χ2v) is 4.35. The van der Waals surface area contributed by atoms with E-state index in [0.717, 1.165) is 42.4 Å². The molecule has 0 saturated heterocycles. The van der Waals surface area contributed by atoms with Crippen molar-refractivity contribution >= 4 is 5.82 Å². The Morgan fingerprint density at radius 2 is 2.05 bits per heavy atom. The highest BCUT2D eigenvalue weighted by Gasteiger charge is 2.10. The Morgan fingerprint density at radius 1 is 1.21 bits per heavy atom. The van der Waals surface area contributed by atoms with E-state index in [1.807, 2.05) is 10.7 Å². The van der Waals surface area contributed by atoms with Gasteiger partial charge < -0.3 is 5.32 Å². The van der Waals surface area contributed by atoms with Crippen LogP contribution in [0.1, 0.15) is 38.0 Å². The third-order valence-corrected chi connectivity index (χ3v) is 2.98. The number of aromatic nitrogens is 4. The van der Waals surface area contributed by atoms with Crippen LogP contribution in [0.15, 0.2) is 18.3 Å². The lowest BCUT2D eigenvalue weighted by atomic mass is 10.2. The van der Waals surface area contributed by atoms with Gasteiger partial charge in [-0.2, -0.15) is 5.10 Å². The third-order valence-electron chi connectivity index (χ3n) is 2.98. The van der Waals surface area contributed by atoms with Crippen molar-refractivity contribution in [3.8, 4) is 0 Å². The first-order chi connectivity index (χ1) is 9.28. The molecule has 0 unspecified atom stereocenters. The van der Waals surface area contributed by atoms with Gasteiger partial charge in [0.15, 0.2) is 5.82 Å². The summed E-state index contributed by atoms with van der Waals surface area (Å²) in [6, 6.07) is 4.04. The zero-order valence-corrected chi connectivity index (χ0v) is 11.8. The molecule has 0 aliphatic heterocycles. The van der Waals surface area contributed by atoms with Gasteiger partial charge in [0.1, 0.15) is 11.6 Å². The molecular weight excluding hydrogens is 238 g/mol. The lowest BCUT2D eigenvalue weighted by Gasteiger charge is -2.10. The van der Waals surface area contributed by atoms with Gasteiger partial charge in [0.25, 0.3) is 0 Å². The predicted octanol–water partition coefficient (Wildman–Crippen LogP) is 2.28. The average Bonchev–Trinajstić information content (AvgIpc) is 2.83. The van der Waals surface area contributed by atoms with Gasteiger partial charge in [0.05, 0.1) is 6.54 Å². The summed E-state index contributed by atoms with van der Waals surface area (Å²) in [6.45, 7) is 7.83. The van der Waals surface area contributed by atoms with Crippen LogP contribution >= 0.6 is 0 Å². The number of pyridine rings is 1. The maximum absolute atomic E-state index is 4.55. The van der Waals surface area contributed by atoms with Crippen LogP contribution in [-0.4, -0.2) is 26.3 Å². The number of hydrogen-bond acceptors (Lipinski definition) is 4. The normalized spacial score (nSPS) is 10.7. The van der Waals surface area contributed by atoms with Crippen molar-refractivity contribution in [3.63, 3.8) is 0 Å².